The average molecular weight is 260 g/mol. The second-order valence-electron chi connectivity index (χ2n) is 5.32. The molecule has 2 saturated heterocycles. The van der Waals surface area contributed by atoms with E-state index in [-0.39, 0.29) is 12.0 Å². The summed E-state index contributed by atoms with van der Waals surface area (Å²) in [5, 5.41) is 2.96. The summed E-state index contributed by atoms with van der Waals surface area (Å²) in [4.78, 5) is 14.4. The summed E-state index contributed by atoms with van der Waals surface area (Å²) in [6, 6.07) is 9.93. The number of hydrogen-bond donors (Lipinski definition) is 1. The molecule has 0 aromatic heterocycles. The summed E-state index contributed by atoms with van der Waals surface area (Å²) >= 11 is 0. The number of fused-ring (bicyclic) bond motifs is 1. The summed E-state index contributed by atoms with van der Waals surface area (Å²) in [7, 11) is 0. The highest BCUT2D eigenvalue weighted by Gasteiger charge is 2.32. The molecular formula is C15H20N2O2. The van der Waals surface area contributed by atoms with Crippen molar-refractivity contribution < 1.29 is 9.53 Å². The molecule has 4 heteroatoms. The minimum Gasteiger partial charge on any atom is -0.373 e. The van der Waals surface area contributed by atoms with Crippen LogP contribution < -0.4 is 5.32 Å². The van der Waals surface area contributed by atoms with Crippen molar-refractivity contribution in [2.75, 3.05) is 26.2 Å². The van der Waals surface area contributed by atoms with Gasteiger partial charge in [-0.05, 0) is 31.5 Å². The van der Waals surface area contributed by atoms with Crippen LogP contribution in [0, 0.1) is 0 Å². The van der Waals surface area contributed by atoms with Crippen LogP contribution in [0.15, 0.2) is 30.3 Å². The summed E-state index contributed by atoms with van der Waals surface area (Å²) in [6.07, 6.45) is 2.65. The van der Waals surface area contributed by atoms with Gasteiger partial charge in [0.25, 0.3) is 5.91 Å². The Kier molecular flexibility index (Phi) is 3.80. The molecular weight excluding hydrogens is 240 g/mol. The molecule has 0 saturated carbocycles. The molecule has 1 amide bonds. The lowest BCUT2D eigenvalue weighted by atomic mass is 10.2. The van der Waals surface area contributed by atoms with Gasteiger partial charge in [-0.1, -0.05) is 18.2 Å². The van der Waals surface area contributed by atoms with E-state index < -0.39 is 0 Å². The van der Waals surface area contributed by atoms with Gasteiger partial charge in [0, 0.05) is 24.7 Å². The first-order valence-electron chi connectivity index (χ1n) is 7.02. The third kappa shape index (κ3) is 2.96. The van der Waals surface area contributed by atoms with Gasteiger partial charge in [0.05, 0.1) is 12.7 Å². The van der Waals surface area contributed by atoms with Crippen LogP contribution >= 0.6 is 0 Å². The number of carbonyl (C=O) groups excluding carboxylic acids is 1. The third-order valence-electron chi connectivity index (χ3n) is 3.99. The van der Waals surface area contributed by atoms with E-state index in [9.17, 15) is 4.79 Å². The standard InChI is InChI=1S/C15H20N2O2/c18-15(12-5-2-1-3-6-12)16-9-14-10-17-8-4-7-13(17)11-19-14/h1-3,5-6,13-14H,4,7-11H2,(H,16,18). The van der Waals surface area contributed by atoms with Crippen molar-refractivity contribution in [2.45, 2.75) is 25.0 Å². The third-order valence-corrected chi connectivity index (χ3v) is 3.99. The minimum absolute atomic E-state index is 0.0206. The number of amides is 1. The largest absolute Gasteiger partial charge is 0.373 e. The van der Waals surface area contributed by atoms with Crippen LogP contribution in [-0.2, 0) is 4.74 Å². The van der Waals surface area contributed by atoms with Gasteiger partial charge in [-0.2, -0.15) is 0 Å². The predicted octanol–water partition coefficient (Wildman–Crippen LogP) is 1.28. The van der Waals surface area contributed by atoms with Gasteiger partial charge < -0.3 is 10.1 Å². The number of benzene rings is 1. The van der Waals surface area contributed by atoms with Gasteiger partial charge in [0.2, 0.25) is 0 Å². The van der Waals surface area contributed by atoms with E-state index in [1.165, 1.54) is 19.4 Å². The Balaban J connectivity index is 1.49. The molecule has 0 aliphatic carbocycles. The molecule has 4 nitrogen and oxygen atoms in total. The van der Waals surface area contributed by atoms with Crippen LogP contribution in [0.4, 0.5) is 0 Å². The molecule has 2 atom stereocenters. The van der Waals surface area contributed by atoms with Crippen molar-refractivity contribution in [1.29, 1.82) is 0 Å². The Hall–Kier alpha value is -1.39. The monoisotopic (exact) mass is 260 g/mol. The molecule has 1 aromatic rings. The molecule has 2 heterocycles. The molecule has 0 bridgehead atoms. The molecule has 2 unspecified atom stereocenters. The molecule has 0 spiro atoms. The van der Waals surface area contributed by atoms with Crippen molar-refractivity contribution in [2.24, 2.45) is 0 Å². The first-order chi connectivity index (χ1) is 9.33. The Morgan fingerprint density at radius 3 is 3.05 bits per heavy atom. The van der Waals surface area contributed by atoms with Gasteiger partial charge in [0.15, 0.2) is 0 Å². The Bertz CT molecular complexity index is 435. The van der Waals surface area contributed by atoms with Gasteiger partial charge in [-0.25, -0.2) is 0 Å². The number of morpholine rings is 1. The molecule has 2 aliphatic heterocycles. The molecule has 3 rings (SSSR count). The highest BCUT2D eigenvalue weighted by Crippen LogP contribution is 2.22. The minimum atomic E-state index is -0.0206. The zero-order chi connectivity index (χ0) is 13.1. The van der Waals surface area contributed by atoms with E-state index >= 15 is 0 Å². The first-order valence-corrected chi connectivity index (χ1v) is 7.02. The molecule has 2 fully saturated rings. The zero-order valence-corrected chi connectivity index (χ0v) is 11.0. The number of hydrogen-bond acceptors (Lipinski definition) is 3. The van der Waals surface area contributed by atoms with Crippen LogP contribution in [0.2, 0.25) is 0 Å². The van der Waals surface area contributed by atoms with Crippen molar-refractivity contribution in [3.63, 3.8) is 0 Å². The molecule has 0 radical (unpaired) electrons. The average Bonchev–Trinajstić information content (AvgIpc) is 2.93. The van der Waals surface area contributed by atoms with E-state index in [0.29, 0.717) is 18.2 Å². The van der Waals surface area contributed by atoms with Gasteiger partial charge in [-0.3, -0.25) is 9.69 Å². The van der Waals surface area contributed by atoms with Crippen molar-refractivity contribution in [1.82, 2.24) is 10.2 Å². The fourth-order valence-corrected chi connectivity index (χ4v) is 2.91. The first kappa shape index (κ1) is 12.6. The van der Waals surface area contributed by atoms with Gasteiger partial charge in [0.1, 0.15) is 0 Å². The van der Waals surface area contributed by atoms with Crippen LogP contribution in [-0.4, -0.2) is 49.2 Å². The summed E-state index contributed by atoms with van der Waals surface area (Å²) in [6.45, 7) is 3.53. The molecule has 2 aliphatic rings. The van der Waals surface area contributed by atoms with Crippen LogP contribution in [0.3, 0.4) is 0 Å². The lowest BCUT2D eigenvalue weighted by Gasteiger charge is -2.35. The second kappa shape index (κ2) is 5.72. The summed E-state index contributed by atoms with van der Waals surface area (Å²) in [5.41, 5.74) is 0.706. The maximum Gasteiger partial charge on any atom is 0.251 e. The molecule has 102 valence electrons. The van der Waals surface area contributed by atoms with Gasteiger partial charge >= 0.3 is 0 Å². The van der Waals surface area contributed by atoms with E-state index in [1.54, 1.807) is 0 Å². The second-order valence-corrected chi connectivity index (χ2v) is 5.32. The quantitative estimate of drug-likeness (QED) is 0.890. The Morgan fingerprint density at radius 2 is 2.21 bits per heavy atom. The fourth-order valence-electron chi connectivity index (χ4n) is 2.91. The van der Waals surface area contributed by atoms with E-state index in [1.807, 2.05) is 30.3 Å². The smallest absolute Gasteiger partial charge is 0.251 e. The number of nitrogens with one attached hydrogen (secondary N) is 1. The van der Waals surface area contributed by atoms with E-state index in [2.05, 4.69) is 10.2 Å². The van der Waals surface area contributed by atoms with Crippen LogP contribution in [0.5, 0.6) is 0 Å². The van der Waals surface area contributed by atoms with E-state index in [0.717, 1.165) is 13.2 Å². The zero-order valence-electron chi connectivity index (χ0n) is 11.0. The summed E-state index contributed by atoms with van der Waals surface area (Å²) < 4.78 is 5.82. The Labute approximate surface area is 113 Å². The highest BCUT2D eigenvalue weighted by atomic mass is 16.5. The lowest BCUT2D eigenvalue weighted by Crippen LogP contribution is -2.50. The molecule has 1 aromatic carbocycles. The van der Waals surface area contributed by atoms with Crippen molar-refractivity contribution in [3.8, 4) is 0 Å². The topological polar surface area (TPSA) is 41.6 Å². The predicted molar refractivity (Wildman–Crippen MR) is 73.1 cm³/mol. The molecule has 1 N–H and O–H groups in total. The lowest BCUT2D eigenvalue weighted by molar-refractivity contribution is -0.0461. The maximum atomic E-state index is 11.9. The fraction of sp³-hybridized carbons (Fsp3) is 0.533. The normalized spacial score (nSPS) is 26.9. The highest BCUT2D eigenvalue weighted by molar-refractivity contribution is 5.94. The van der Waals surface area contributed by atoms with E-state index in [4.69, 9.17) is 4.74 Å². The SMILES string of the molecule is O=C(NCC1CN2CCCC2CO1)c1ccccc1. The molecule has 19 heavy (non-hydrogen) atoms. The number of carbonyl (C=O) groups is 1. The Morgan fingerprint density at radius 1 is 1.37 bits per heavy atom. The van der Waals surface area contributed by atoms with Crippen molar-refractivity contribution >= 4 is 5.91 Å². The number of ether oxygens (including phenoxy) is 1. The van der Waals surface area contributed by atoms with Crippen molar-refractivity contribution in [3.05, 3.63) is 35.9 Å². The number of nitrogens with zero attached hydrogens (tertiary/aromatic N) is 1. The van der Waals surface area contributed by atoms with Gasteiger partial charge in [-0.15, -0.1) is 0 Å². The van der Waals surface area contributed by atoms with Crippen LogP contribution in [0.1, 0.15) is 23.2 Å². The van der Waals surface area contributed by atoms with Crippen LogP contribution in [0.25, 0.3) is 0 Å². The number of rotatable bonds is 3. The maximum absolute atomic E-state index is 11.9. The summed E-state index contributed by atoms with van der Waals surface area (Å²) in [5.74, 6) is -0.0206.